The summed E-state index contributed by atoms with van der Waals surface area (Å²) in [6.07, 6.45) is -0.609. The number of esters is 2. The first kappa shape index (κ1) is 18.1. The number of benzene rings is 2. The van der Waals surface area contributed by atoms with Gasteiger partial charge in [0, 0.05) is 16.6 Å². The Morgan fingerprint density at radius 1 is 1.23 bits per heavy atom. The van der Waals surface area contributed by atoms with E-state index in [4.69, 9.17) is 9.47 Å². The minimum absolute atomic E-state index is 0.294. The summed E-state index contributed by atoms with van der Waals surface area (Å²) < 4.78 is 11.0. The van der Waals surface area contributed by atoms with Gasteiger partial charge in [-0.1, -0.05) is 15.9 Å². The van der Waals surface area contributed by atoms with Crippen LogP contribution in [0.4, 0.5) is 5.69 Å². The fourth-order valence-electron chi connectivity index (χ4n) is 2.64. The molecular weight excluding hydrogens is 402 g/mol. The average molecular weight is 418 g/mol. The first-order chi connectivity index (χ1) is 12.5. The van der Waals surface area contributed by atoms with Crippen molar-refractivity contribution in [1.29, 1.82) is 0 Å². The second-order valence-electron chi connectivity index (χ2n) is 5.69. The molecule has 1 N–H and O–H groups in total. The van der Waals surface area contributed by atoms with Gasteiger partial charge in [0.1, 0.15) is 0 Å². The number of halogens is 1. The van der Waals surface area contributed by atoms with Crippen LogP contribution in [0, 0.1) is 0 Å². The second kappa shape index (κ2) is 7.70. The topological polar surface area (TPSA) is 81.7 Å². The van der Waals surface area contributed by atoms with Gasteiger partial charge in [-0.25, -0.2) is 9.59 Å². The minimum Gasteiger partial charge on any atom is -0.462 e. The molecule has 1 heterocycles. The molecule has 2 aromatic carbocycles. The number of nitrogens with one attached hydrogen (secondary N) is 1. The molecule has 1 amide bonds. The second-order valence-corrected chi connectivity index (χ2v) is 6.60. The van der Waals surface area contributed by atoms with Crippen molar-refractivity contribution in [3.8, 4) is 0 Å². The Labute approximate surface area is 158 Å². The molecule has 0 saturated carbocycles. The Kier molecular flexibility index (Phi) is 5.37. The fourth-order valence-corrected chi connectivity index (χ4v) is 3.05. The number of carbonyl (C=O) groups excluding carboxylic acids is 3. The first-order valence-corrected chi connectivity index (χ1v) is 8.84. The SMILES string of the molecule is CCOC(=O)c1ccc(NC(=O)C2Cc3cc(Br)ccc3C(=O)O2)cc1. The zero-order valence-electron chi connectivity index (χ0n) is 14.0. The maximum atomic E-state index is 12.4. The van der Waals surface area contributed by atoms with Crippen LogP contribution in [0.25, 0.3) is 0 Å². The highest BCUT2D eigenvalue weighted by atomic mass is 79.9. The third-order valence-electron chi connectivity index (χ3n) is 3.90. The van der Waals surface area contributed by atoms with Gasteiger partial charge in [0.15, 0.2) is 6.10 Å². The van der Waals surface area contributed by atoms with Crippen molar-refractivity contribution in [2.45, 2.75) is 19.4 Å². The van der Waals surface area contributed by atoms with Crippen molar-refractivity contribution >= 4 is 39.5 Å². The van der Waals surface area contributed by atoms with Gasteiger partial charge in [0.25, 0.3) is 5.91 Å². The van der Waals surface area contributed by atoms with Crippen LogP contribution in [-0.4, -0.2) is 30.6 Å². The number of ether oxygens (including phenoxy) is 2. The van der Waals surface area contributed by atoms with Crippen molar-refractivity contribution in [1.82, 2.24) is 0 Å². The van der Waals surface area contributed by atoms with Crippen LogP contribution in [0.3, 0.4) is 0 Å². The number of cyclic esters (lactones) is 1. The molecule has 1 unspecified atom stereocenters. The van der Waals surface area contributed by atoms with E-state index in [0.29, 0.717) is 29.8 Å². The lowest BCUT2D eigenvalue weighted by molar-refractivity contribution is -0.125. The first-order valence-electron chi connectivity index (χ1n) is 8.05. The molecular formula is C19H16BrNO5. The van der Waals surface area contributed by atoms with E-state index in [1.54, 1.807) is 43.3 Å². The number of fused-ring (bicyclic) bond motifs is 1. The third-order valence-corrected chi connectivity index (χ3v) is 4.39. The van der Waals surface area contributed by atoms with E-state index in [2.05, 4.69) is 21.2 Å². The normalized spacial score (nSPS) is 15.6. The largest absolute Gasteiger partial charge is 0.462 e. The molecule has 0 spiro atoms. The van der Waals surface area contributed by atoms with Crippen LogP contribution < -0.4 is 5.32 Å². The van der Waals surface area contributed by atoms with Gasteiger partial charge in [-0.15, -0.1) is 0 Å². The zero-order valence-corrected chi connectivity index (χ0v) is 15.5. The predicted molar refractivity (Wildman–Crippen MR) is 98.1 cm³/mol. The molecule has 1 aliphatic heterocycles. The summed E-state index contributed by atoms with van der Waals surface area (Å²) in [5.41, 5.74) is 2.12. The highest BCUT2D eigenvalue weighted by Gasteiger charge is 2.31. The van der Waals surface area contributed by atoms with Gasteiger partial charge < -0.3 is 14.8 Å². The Bertz CT molecular complexity index is 863. The van der Waals surface area contributed by atoms with E-state index in [-0.39, 0.29) is 0 Å². The molecule has 0 aliphatic carbocycles. The van der Waals surface area contributed by atoms with Crippen molar-refractivity contribution in [2.75, 3.05) is 11.9 Å². The summed E-state index contributed by atoms with van der Waals surface area (Å²) in [6.45, 7) is 2.02. The number of hydrogen-bond acceptors (Lipinski definition) is 5. The van der Waals surface area contributed by atoms with Gasteiger partial charge in [0.2, 0.25) is 0 Å². The number of carbonyl (C=O) groups is 3. The molecule has 1 atom stereocenters. The van der Waals surface area contributed by atoms with Crippen LogP contribution in [0.15, 0.2) is 46.9 Å². The number of hydrogen-bond donors (Lipinski definition) is 1. The molecule has 7 heteroatoms. The summed E-state index contributed by atoms with van der Waals surface area (Å²) in [7, 11) is 0. The number of rotatable bonds is 4. The van der Waals surface area contributed by atoms with Crippen molar-refractivity contribution < 1.29 is 23.9 Å². The zero-order chi connectivity index (χ0) is 18.7. The lowest BCUT2D eigenvalue weighted by atomic mass is 9.98. The third kappa shape index (κ3) is 3.94. The molecule has 3 rings (SSSR count). The van der Waals surface area contributed by atoms with Gasteiger partial charge in [0.05, 0.1) is 17.7 Å². The maximum Gasteiger partial charge on any atom is 0.339 e. The molecule has 0 bridgehead atoms. The summed E-state index contributed by atoms with van der Waals surface area (Å²) in [6, 6.07) is 11.6. The quantitative estimate of drug-likeness (QED) is 0.771. The van der Waals surface area contributed by atoms with Crippen molar-refractivity contribution in [2.24, 2.45) is 0 Å². The lowest BCUT2D eigenvalue weighted by Crippen LogP contribution is -2.38. The molecule has 0 radical (unpaired) electrons. The van der Waals surface area contributed by atoms with E-state index in [1.165, 1.54) is 0 Å². The van der Waals surface area contributed by atoms with Gasteiger partial charge in [-0.2, -0.15) is 0 Å². The van der Waals surface area contributed by atoms with Crippen molar-refractivity contribution in [3.63, 3.8) is 0 Å². The monoisotopic (exact) mass is 417 g/mol. The standard InChI is InChI=1S/C19H16BrNO5/c1-2-25-18(23)11-3-6-14(7-4-11)21-17(22)16-10-12-9-13(20)5-8-15(12)19(24)26-16/h3-9,16H,2,10H2,1H3,(H,21,22). The molecule has 6 nitrogen and oxygen atoms in total. The van der Waals surface area contributed by atoms with Crippen LogP contribution in [0.2, 0.25) is 0 Å². The Hall–Kier alpha value is -2.67. The molecule has 26 heavy (non-hydrogen) atoms. The Morgan fingerprint density at radius 3 is 2.65 bits per heavy atom. The molecule has 134 valence electrons. The van der Waals surface area contributed by atoms with Crippen LogP contribution in [-0.2, 0) is 20.7 Å². The van der Waals surface area contributed by atoms with Crippen LogP contribution >= 0.6 is 15.9 Å². The van der Waals surface area contributed by atoms with E-state index < -0.39 is 23.9 Å². The fraction of sp³-hybridized carbons (Fsp3) is 0.211. The Balaban J connectivity index is 1.69. The highest BCUT2D eigenvalue weighted by molar-refractivity contribution is 9.10. The summed E-state index contributed by atoms with van der Waals surface area (Å²) >= 11 is 3.36. The minimum atomic E-state index is -0.908. The summed E-state index contributed by atoms with van der Waals surface area (Å²) in [5.74, 6) is -1.36. The Morgan fingerprint density at radius 2 is 1.96 bits per heavy atom. The summed E-state index contributed by atoms with van der Waals surface area (Å²) in [4.78, 5) is 36.1. The summed E-state index contributed by atoms with van der Waals surface area (Å²) in [5, 5.41) is 2.70. The van der Waals surface area contributed by atoms with Gasteiger partial charge in [-0.3, -0.25) is 4.79 Å². The average Bonchev–Trinajstić information content (AvgIpc) is 2.62. The van der Waals surface area contributed by atoms with E-state index >= 15 is 0 Å². The maximum absolute atomic E-state index is 12.4. The molecule has 1 aliphatic rings. The van der Waals surface area contributed by atoms with E-state index in [1.807, 2.05) is 6.07 Å². The van der Waals surface area contributed by atoms with E-state index in [0.717, 1.165) is 10.0 Å². The molecule has 0 aromatic heterocycles. The van der Waals surface area contributed by atoms with Gasteiger partial charge in [-0.05, 0) is 55.0 Å². The molecule has 0 fully saturated rings. The smallest absolute Gasteiger partial charge is 0.339 e. The lowest BCUT2D eigenvalue weighted by Gasteiger charge is -2.24. The van der Waals surface area contributed by atoms with Crippen LogP contribution in [0.1, 0.15) is 33.2 Å². The highest BCUT2D eigenvalue weighted by Crippen LogP contribution is 2.25. The predicted octanol–water partition coefficient (Wildman–Crippen LogP) is 3.35. The molecule has 0 saturated heterocycles. The number of anilines is 1. The van der Waals surface area contributed by atoms with Crippen molar-refractivity contribution in [3.05, 3.63) is 63.6 Å². The van der Waals surface area contributed by atoms with E-state index in [9.17, 15) is 14.4 Å². The molecule has 2 aromatic rings. The van der Waals surface area contributed by atoms with Crippen LogP contribution in [0.5, 0.6) is 0 Å². The number of amides is 1. The van der Waals surface area contributed by atoms with Gasteiger partial charge >= 0.3 is 11.9 Å².